The maximum atomic E-state index is 12.6. The van der Waals surface area contributed by atoms with E-state index in [1.807, 2.05) is 19.9 Å². The minimum Gasteiger partial charge on any atom is -0.393 e. The van der Waals surface area contributed by atoms with Gasteiger partial charge in [-0.1, -0.05) is 46.8 Å². The summed E-state index contributed by atoms with van der Waals surface area (Å²) in [7, 11) is -4.50. The zero-order chi connectivity index (χ0) is 34.0. The van der Waals surface area contributed by atoms with E-state index in [4.69, 9.17) is 14.0 Å². The second-order valence-corrected chi connectivity index (χ2v) is 17.0. The molecule has 0 aromatic rings. The summed E-state index contributed by atoms with van der Waals surface area (Å²) in [6.07, 6.45) is 1.38. The molecular weight excluding hydrogens is 620 g/mol. The van der Waals surface area contributed by atoms with Crippen LogP contribution in [-0.4, -0.2) is 105 Å². The Labute approximate surface area is 273 Å². The third-order valence-electron chi connectivity index (χ3n) is 13.2. The number of allylic oxidation sites excluding steroid dienone is 2. The van der Waals surface area contributed by atoms with E-state index in [9.17, 15) is 39.1 Å². The van der Waals surface area contributed by atoms with Crippen LogP contribution in [0.15, 0.2) is 12.2 Å². The number of aliphatic hydroxyl groups is 6. The largest absolute Gasteiger partial charge is 0.397 e. The Morgan fingerprint density at radius 2 is 1.59 bits per heavy atom. The van der Waals surface area contributed by atoms with Crippen LogP contribution >= 0.6 is 0 Å². The standard InChI is InChI=1S/C33H56O12S/c1-17(19(3)15-44-46(40,41)42)6-7-18(2)21-13-23(34)29-32(21,5)11-9-26-31(4)10-8-20(12-22(31)24(35)14-33(26,29)39)45-30-28(38)27(37)25(36)16-43-30/h6-7,17-30,34-39H,8-16H2,1-5H3,(H,40,41,42)/b7-6+/t17-,18-,19-,20+,21-,22-,23+,24-,25-,26-,27+,28-,29-,30+,31+,32-,33+/m1/s1. The minimum absolute atomic E-state index is 0.0202. The average molecular weight is 677 g/mol. The van der Waals surface area contributed by atoms with Crippen LogP contribution in [-0.2, 0) is 24.1 Å². The summed E-state index contributed by atoms with van der Waals surface area (Å²) in [6, 6.07) is 0. The van der Waals surface area contributed by atoms with Crippen LogP contribution in [0, 0.1) is 52.3 Å². The summed E-state index contributed by atoms with van der Waals surface area (Å²) in [6.45, 7) is 9.98. The van der Waals surface area contributed by atoms with Crippen molar-refractivity contribution in [3.8, 4) is 0 Å². The van der Waals surface area contributed by atoms with Crippen LogP contribution < -0.4 is 0 Å². The highest BCUT2D eigenvalue weighted by Crippen LogP contribution is 2.69. The van der Waals surface area contributed by atoms with Crippen LogP contribution in [0.3, 0.4) is 0 Å². The lowest BCUT2D eigenvalue weighted by molar-refractivity contribution is -0.300. The molecule has 17 atom stereocenters. The van der Waals surface area contributed by atoms with Crippen molar-refractivity contribution >= 4 is 10.4 Å². The topological polar surface area (TPSA) is 203 Å². The van der Waals surface area contributed by atoms with E-state index < -0.39 is 64.1 Å². The number of rotatable bonds is 9. The number of ether oxygens (including phenoxy) is 2. The molecule has 0 spiro atoms. The fraction of sp³-hybridized carbons (Fsp3) is 0.939. The van der Waals surface area contributed by atoms with Crippen molar-refractivity contribution in [3.05, 3.63) is 12.2 Å². The maximum absolute atomic E-state index is 12.6. The van der Waals surface area contributed by atoms with E-state index in [0.29, 0.717) is 25.7 Å². The second-order valence-electron chi connectivity index (χ2n) is 15.9. The molecule has 4 aliphatic carbocycles. The lowest BCUT2D eigenvalue weighted by atomic mass is 9.42. The maximum Gasteiger partial charge on any atom is 0.397 e. The molecule has 5 fully saturated rings. The molecule has 1 aliphatic heterocycles. The molecule has 266 valence electrons. The number of hydrogen-bond acceptors (Lipinski definition) is 11. The molecule has 0 aromatic heterocycles. The number of hydrogen-bond donors (Lipinski definition) is 7. The molecule has 7 N–H and O–H groups in total. The van der Waals surface area contributed by atoms with Gasteiger partial charge < -0.3 is 40.1 Å². The summed E-state index contributed by atoms with van der Waals surface area (Å²) < 4.78 is 47.0. The first-order valence-electron chi connectivity index (χ1n) is 17.0. The first kappa shape index (κ1) is 36.6. The molecule has 1 heterocycles. The predicted molar refractivity (Wildman–Crippen MR) is 166 cm³/mol. The van der Waals surface area contributed by atoms with E-state index in [1.165, 1.54) is 0 Å². The molecule has 5 rings (SSSR count). The Morgan fingerprint density at radius 3 is 2.26 bits per heavy atom. The quantitative estimate of drug-likeness (QED) is 0.106. The first-order valence-corrected chi connectivity index (χ1v) is 18.4. The third-order valence-corrected chi connectivity index (χ3v) is 13.7. The van der Waals surface area contributed by atoms with Crippen LogP contribution in [0.5, 0.6) is 0 Å². The van der Waals surface area contributed by atoms with Gasteiger partial charge in [-0.2, -0.15) is 8.42 Å². The van der Waals surface area contributed by atoms with Crippen molar-refractivity contribution in [3.63, 3.8) is 0 Å². The summed E-state index contributed by atoms with van der Waals surface area (Å²) in [4.78, 5) is 0. The second kappa shape index (κ2) is 13.2. The summed E-state index contributed by atoms with van der Waals surface area (Å²) >= 11 is 0. The number of fused-ring (bicyclic) bond motifs is 5. The molecule has 13 heteroatoms. The van der Waals surface area contributed by atoms with Gasteiger partial charge in [0.2, 0.25) is 0 Å². The van der Waals surface area contributed by atoms with E-state index in [0.717, 1.165) is 12.8 Å². The zero-order valence-electron chi connectivity index (χ0n) is 27.7. The first-order chi connectivity index (χ1) is 21.3. The van der Waals surface area contributed by atoms with E-state index in [-0.39, 0.29) is 66.7 Å². The van der Waals surface area contributed by atoms with Gasteiger partial charge in [0, 0.05) is 12.3 Å². The van der Waals surface area contributed by atoms with Crippen molar-refractivity contribution in [2.24, 2.45) is 52.3 Å². The summed E-state index contributed by atoms with van der Waals surface area (Å²) in [5.74, 6) is -0.703. The fourth-order valence-corrected chi connectivity index (χ4v) is 10.9. The zero-order valence-corrected chi connectivity index (χ0v) is 28.5. The highest BCUT2D eigenvalue weighted by atomic mass is 32.3. The van der Waals surface area contributed by atoms with Gasteiger partial charge in [0.05, 0.1) is 37.1 Å². The van der Waals surface area contributed by atoms with Crippen LogP contribution in [0.25, 0.3) is 0 Å². The molecule has 46 heavy (non-hydrogen) atoms. The molecule has 0 unspecified atom stereocenters. The molecule has 5 aliphatic rings. The molecule has 4 saturated carbocycles. The molecule has 12 nitrogen and oxygen atoms in total. The number of aliphatic hydroxyl groups excluding tert-OH is 5. The Bertz CT molecular complexity index is 1210. The van der Waals surface area contributed by atoms with Crippen molar-refractivity contribution in [2.45, 2.75) is 128 Å². The van der Waals surface area contributed by atoms with Gasteiger partial charge in [0.15, 0.2) is 6.29 Å². The molecule has 0 amide bonds. The van der Waals surface area contributed by atoms with E-state index >= 15 is 0 Å². The Hall–Kier alpha value is -0.710. The lowest BCUT2D eigenvalue weighted by Gasteiger charge is -2.66. The van der Waals surface area contributed by atoms with Crippen LogP contribution in [0.4, 0.5) is 0 Å². The molecule has 1 saturated heterocycles. The van der Waals surface area contributed by atoms with Crippen molar-refractivity contribution in [1.29, 1.82) is 0 Å². The Kier molecular flexibility index (Phi) is 10.5. The van der Waals surface area contributed by atoms with Gasteiger partial charge in [-0.3, -0.25) is 4.55 Å². The van der Waals surface area contributed by atoms with Crippen LogP contribution in [0.1, 0.15) is 79.6 Å². The van der Waals surface area contributed by atoms with Crippen molar-refractivity contribution < 1.29 is 57.3 Å². The monoisotopic (exact) mass is 676 g/mol. The average Bonchev–Trinajstić information content (AvgIpc) is 3.25. The summed E-state index contributed by atoms with van der Waals surface area (Å²) in [5, 5.41) is 66.2. The fourth-order valence-electron chi connectivity index (χ4n) is 10.6. The molecular formula is C33H56O12S. The highest BCUT2D eigenvalue weighted by Gasteiger charge is 2.70. The molecule has 0 bridgehead atoms. The molecule has 0 aromatic carbocycles. The SMILES string of the molecule is C[C@H](/C=C/[C@@H](C)[C@H]1C[C@H](O)[C@@H]2[C@]1(C)CC[C@@H]1[C@@]3(C)CC[C@H](O[C@@H]4OC[C@@H](O)[C@H](O)[C@H]4O)C[C@@H]3[C@H](O)C[C@]12O)[C@H](C)COS(=O)(=O)O. The van der Waals surface area contributed by atoms with Gasteiger partial charge in [-0.25, -0.2) is 4.18 Å². The van der Waals surface area contributed by atoms with Crippen LogP contribution in [0.2, 0.25) is 0 Å². The minimum atomic E-state index is -4.50. The normalized spacial score (nSPS) is 50.0. The lowest BCUT2D eigenvalue weighted by Crippen LogP contribution is -2.68. The Morgan fingerprint density at radius 1 is 0.913 bits per heavy atom. The van der Waals surface area contributed by atoms with Gasteiger partial charge in [0.1, 0.15) is 18.3 Å². The van der Waals surface area contributed by atoms with Crippen molar-refractivity contribution in [2.75, 3.05) is 13.2 Å². The third kappa shape index (κ3) is 6.60. The van der Waals surface area contributed by atoms with Crippen molar-refractivity contribution in [1.82, 2.24) is 0 Å². The highest BCUT2D eigenvalue weighted by molar-refractivity contribution is 7.80. The van der Waals surface area contributed by atoms with E-state index in [2.05, 4.69) is 31.0 Å². The van der Waals surface area contributed by atoms with E-state index in [1.54, 1.807) is 0 Å². The van der Waals surface area contributed by atoms with Gasteiger partial charge in [-0.15, -0.1) is 0 Å². The van der Waals surface area contributed by atoms with Gasteiger partial charge in [0.25, 0.3) is 0 Å². The summed E-state index contributed by atoms with van der Waals surface area (Å²) in [5.41, 5.74) is -2.00. The van der Waals surface area contributed by atoms with Gasteiger partial charge in [-0.05, 0) is 84.9 Å². The smallest absolute Gasteiger partial charge is 0.393 e. The van der Waals surface area contributed by atoms with Gasteiger partial charge >= 0.3 is 10.4 Å². The Balaban J connectivity index is 1.28. The predicted octanol–water partition coefficient (Wildman–Crippen LogP) is 1.81. The molecule has 0 radical (unpaired) electrons.